The van der Waals surface area contributed by atoms with E-state index in [1.807, 2.05) is 22.7 Å². The van der Waals surface area contributed by atoms with E-state index in [0.717, 1.165) is 25.3 Å². The predicted molar refractivity (Wildman–Crippen MR) is 75.5 cm³/mol. The van der Waals surface area contributed by atoms with E-state index in [1.165, 1.54) is 4.90 Å². The van der Waals surface area contributed by atoms with Crippen LogP contribution in [0.1, 0.15) is 12.8 Å². The first-order chi connectivity index (χ1) is 8.79. The molecule has 4 heteroatoms. The average Bonchev–Trinajstić information content (AvgIpc) is 2.77. The molecule has 1 amide bonds. The molecule has 1 fully saturated rings. The van der Waals surface area contributed by atoms with E-state index < -0.39 is 0 Å². The van der Waals surface area contributed by atoms with E-state index in [-0.39, 0.29) is 5.91 Å². The zero-order valence-corrected chi connectivity index (χ0v) is 11.4. The molecule has 1 aromatic rings. The van der Waals surface area contributed by atoms with Gasteiger partial charge in [-0.25, -0.2) is 0 Å². The molecular formula is C14H20N2OS. The van der Waals surface area contributed by atoms with Crippen molar-refractivity contribution in [3.8, 4) is 0 Å². The van der Waals surface area contributed by atoms with Crippen LogP contribution in [0.15, 0.2) is 35.2 Å². The minimum absolute atomic E-state index is 0.273. The molecule has 2 rings (SSSR count). The molecule has 1 aliphatic rings. The van der Waals surface area contributed by atoms with Crippen molar-refractivity contribution >= 4 is 17.7 Å². The van der Waals surface area contributed by atoms with Crippen LogP contribution in [0.3, 0.4) is 0 Å². The number of nitrogens with two attached hydrogens (primary N) is 1. The third kappa shape index (κ3) is 3.75. The van der Waals surface area contributed by atoms with Gasteiger partial charge in [0.1, 0.15) is 0 Å². The van der Waals surface area contributed by atoms with E-state index in [0.29, 0.717) is 18.9 Å². The fraction of sp³-hybridized carbons (Fsp3) is 0.500. The Bertz CT molecular complexity index is 383. The minimum atomic E-state index is 0.273. The van der Waals surface area contributed by atoms with Gasteiger partial charge in [0.25, 0.3) is 0 Å². The number of rotatable bonds is 6. The highest BCUT2D eigenvalue weighted by atomic mass is 32.2. The van der Waals surface area contributed by atoms with Crippen LogP contribution in [0.2, 0.25) is 0 Å². The Morgan fingerprint density at radius 3 is 2.78 bits per heavy atom. The minimum Gasteiger partial charge on any atom is -0.342 e. The maximum absolute atomic E-state index is 11.7. The van der Waals surface area contributed by atoms with E-state index in [1.54, 1.807) is 0 Å². The Labute approximate surface area is 113 Å². The molecule has 3 nitrogen and oxygen atoms in total. The number of amides is 1. The van der Waals surface area contributed by atoms with Gasteiger partial charge in [-0.05, 0) is 36.8 Å². The maximum Gasteiger partial charge on any atom is 0.222 e. The lowest BCUT2D eigenvalue weighted by Crippen LogP contribution is -2.27. The fourth-order valence-corrected chi connectivity index (χ4v) is 3.05. The molecule has 1 saturated heterocycles. The molecule has 0 saturated carbocycles. The lowest BCUT2D eigenvalue weighted by Gasteiger charge is -2.15. The Hall–Kier alpha value is -1.00. The number of hydrogen-bond donors (Lipinski definition) is 1. The molecule has 2 N–H and O–H groups in total. The van der Waals surface area contributed by atoms with Crippen molar-refractivity contribution in [3.63, 3.8) is 0 Å². The van der Waals surface area contributed by atoms with Crippen LogP contribution in [0, 0.1) is 5.92 Å². The van der Waals surface area contributed by atoms with Gasteiger partial charge in [-0.15, -0.1) is 11.8 Å². The molecule has 1 aromatic carbocycles. The van der Waals surface area contributed by atoms with Gasteiger partial charge in [0.05, 0.1) is 0 Å². The van der Waals surface area contributed by atoms with Crippen LogP contribution < -0.4 is 5.73 Å². The van der Waals surface area contributed by atoms with Crippen molar-refractivity contribution in [1.82, 2.24) is 4.90 Å². The SMILES string of the molecule is NCC1CC(=O)N(CCCSc2ccccc2)C1. The van der Waals surface area contributed by atoms with Gasteiger partial charge in [-0.1, -0.05) is 18.2 Å². The number of carbonyl (C=O) groups is 1. The highest BCUT2D eigenvalue weighted by Crippen LogP contribution is 2.20. The van der Waals surface area contributed by atoms with Crippen LogP contribution in [0.4, 0.5) is 0 Å². The van der Waals surface area contributed by atoms with Crippen molar-refractivity contribution in [2.45, 2.75) is 17.7 Å². The third-order valence-corrected chi connectivity index (χ3v) is 4.31. The van der Waals surface area contributed by atoms with Crippen molar-refractivity contribution in [2.75, 3.05) is 25.4 Å². The van der Waals surface area contributed by atoms with Gasteiger partial charge in [-0.3, -0.25) is 4.79 Å². The molecule has 1 atom stereocenters. The summed E-state index contributed by atoms with van der Waals surface area (Å²) < 4.78 is 0. The smallest absolute Gasteiger partial charge is 0.222 e. The van der Waals surface area contributed by atoms with Crippen molar-refractivity contribution in [1.29, 1.82) is 0 Å². The average molecular weight is 264 g/mol. The van der Waals surface area contributed by atoms with E-state index in [2.05, 4.69) is 24.3 Å². The Morgan fingerprint density at radius 2 is 2.11 bits per heavy atom. The highest BCUT2D eigenvalue weighted by molar-refractivity contribution is 7.99. The molecule has 0 spiro atoms. The molecule has 0 radical (unpaired) electrons. The monoisotopic (exact) mass is 264 g/mol. The van der Waals surface area contributed by atoms with Gasteiger partial charge >= 0.3 is 0 Å². The Kier molecular flexibility index (Phi) is 5.08. The van der Waals surface area contributed by atoms with Crippen LogP contribution in [-0.2, 0) is 4.79 Å². The number of nitrogens with zero attached hydrogens (tertiary/aromatic N) is 1. The Morgan fingerprint density at radius 1 is 1.33 bits per heavy atom. The van der Waals surface area contributed by atoms with Crippen LogP contribution in [-0.4, -0.2) is 36.2 Å². The molecule has 1 unspecified atom stereocenters. The lowest BCUT2D eigenvalue weighted by atomic mass is 10.1. The summed E-state index contributed by atoms with van der Waals surface area (Å²) in [5, 5.41) is 0. The number of carbonyl (C=O) groups excluding carboxylic acids is 1. The first-order valence-corrected chi connectivity index (χ1v) is 7.44. The fourth-order valence-electron chi connectivity index (χ4n) is 2.19. The van der Waals surface area contributed by atoms with Crippen LogP contribution in [0.25, 0.3) is 0 Å². The second kappa shape index (κ2) is 6.81. The number of hydrogen-bond acceptors (Lipinski definition) is 3. The summed E-state index contributed by atoms with van der Waals surface area (Å²) in [7, 11) is 0. The van der Waals surface area contributed by atoms with Gasteiger partial charge in [0.2, 0.25) is 5.91 Å². The summed E-state index contributed by atoms with van der Waals surface area (Å²) in [4.78, 5) is 14.9. The third-order valence-electron chi connectivity index (χ3n) is 3.21. The summed E-state index contributed by atoms with van der Waals surface area (Å²) in [6, 6.07) is 10.4. The first-order valence-electron chi connectivity index (χ1n) is 6.45. The summed E-state index contributed by atoms with van der Waals surface area (Å²) >= 11 is 1.85. The molecule has 98 valence electrons. The zero-order chi connectivity index (χ0) is 12.8. The number of likely N-dealkylation sites (tertiary alicyclic amines) is 1. The summed E-state index contributed by atoms with van der Waals surface area (Å²) in [5.41, 5.74) is 5.61. The van der Waals surface area contributed by atoms with Crippen molar-refractivity contribution in [3.05, 3.63) is 30.3 Å². The molecule has 18 heavy (non-hydrogen) atoms. The number of thioether (sulfide) groups is 1. The van der Waals surface area contributed by atoms with Gasteiger partial charge in [-0.2, -0.15) is 0 Å². The van der Waals surface area contributed by atoms with Crippen LogP contribution >= 0.6 is 11.8 Å². The molecule has 0 aliphatic carbocycles. The Balaban J connectivity index is 1.65. The van der Waals surface area contributed by atoms with Crippen LogP contribution in [0.5, 0.6) is 0 Å². The molecular weight excluding hydrogens is 244 g/mol. The van der Waals surface area contributed by atoms with E-state index >= 15 is 0 Å². The van der Waals surface area contributed by atoms with Gasteiger partial charge < -0.3 is 10.6 Å². The number of benzene rings is 1. The quantitative estimate of drug-likeness (QED) is 0.631. The van der Waals surface area contributed by atoms with Gasteiger partial charge in [0, 0.05) is 24.4 Å². The summed E-state index contributed by atoms with van der Waals surface area (Å²) in [6.07, 6.45) is 1.69. The summed E-state index contributed by atoms with van der Waals surface area (Å²) in [6.45, 7) is 2.35. The molecule has 1 aliphatic heterocycles. The molecule has 0 bridgehead atoms. The highest BCUT2D eigenvalue weighted by Gasteiger charge is 2.27. The van der Waals surface area contributed by atoms with E-state index in [4.69, 9.17) is 5.73 Å². The summed E-state index contributed by atoms with van der Waals surface area (Å²) in [5.74, 6) is 1.70. The second-order valence-corrected chi connectivity index (χ2v) is 5.83. The topological polar surface area (TPSA) is 46.3 Å². The maximum atomic E-state index is 11.7. The normalized spacial score (nSPS) is 19.5. The van der Waals surface area contributed by atoms with Crippen molar-refractivity contribution < 1.29 is 4.79 Å². The standard InChI is InChI=1S/C14H20N2OS/c15-10-12-9-14(17)16(11-12)7-4-8-18-13-5-2-1-3-6-13/h1-3,5-6,12H,4,7-11,15H2. The second-order valence-electron chi connectivity index (χ2n) is 4.66. The molecule has 0 aromatic heterocycles. The first kappa shape index (κ1) is 13.4. The predicted octanol–water partition coefficient (Wildman–Crippen LogP) is 1.98. The lowest BCUT2D eigenvalue weighted by molar-refractivity contribution is -0.127. The van der Waals surface area contributed by atoms with Crippen molar-refractivity contribution in [2.24, 2.45) is 11.7 Å². The van der Waals surface area contributed by atoms with Gasteiger partial charge in [0.15, 0.2) is 0 Å². The van der Waals surface area contributed by atoms with E-state index in [9.17, 15) is 4.79 Å². The zero-order valence-electron chi connectivity index (χ0n) is 10.5. The largest absolute Gasteiger partial charge is 0.342 e. The molecule has 1 heterocycles.